The van der Waals surface area contributed by atoms with Gasteiger partial charge in [-0.3, -0.25) is 4.79 Å². The summed E-state index contributed by atoms with van der Waals surface area (Å²) in [7, 11) is 0. The summed E-state index contributed by atoms with van der Waals surface area (Å²) in [4.78, 5) is 12.1. The van der Waals surface area contributed by atoms with Gasteiger partial charge in [-0.1, -0.05) is 82.9 Å². The average Bonchev–Trinajstić information content (AvgIpc) is 2.74. The van der Waals surface area contributed by atoms with E-state index in [-0.39, 0.29) is 5.91 Å². The molecular formula is C24H36N2OS. The number of unbranched alkanes of at least 4 members (excludes halogenated alkanes) is 5. The first-order valence-electron chi connectivity index (χ1n) is 10.3. The fraction of sp³-hybridized carbons (Fsp3) is 0.458. The molecule has 1 rings (SSSR count). The second-order valence-electron chi connectivity index (χ2n) is 6.90. The summed E-state index contributed by atoms with van der Waals surface area (Å²) in [6.45, 7) is 8.36. The lowest BCUT2D eigenvalue weighted by molar-refractivity contribution is 0.0872. The van der Waals surface area contributed by atoms with Crippen molar-refractivity contribution in [1.82, 2.24) is 4.41 Å². The predicted molar refractivity (Wildman–Crippen MR) is 125 cm³/mol. The van der Waals surface area contributed by atoms with E-state index in [9.17, 15) is 4.79 Å². The molecule has 0 aliphatic heterocycles. The Morgan fingerprint density at radius 2 is 1.64 bits per heavy atom. The van der Waals surface area contributed by atoms with E-state index >= 15 is 0 Å². The number of carbonyl (C=O) groups excluding carboxylic acids is 1. The van der Waals surface area contributed by atoms with Gasteiger partial charge in [-0.05, 0) is 60.1 Å². The quantitative estimate of drug-likeness (QED) is 0.0974. The minimum Gasteiger partial charge on any atom is -0.267 e. The van der Waals surface area contributed by atoms with Crippen LogP contribution in [-0.4, -0.2) is 16.6 Å². The zero-order chi connectivity index (χ0) is 20.8. The third-order valence-electron chi connectivity index (χ3n) is 4.86. The summed E-state index contributed by atoms with van der Waals surface area (Å²) in [6.07, 6.45) is 18.0. The van der Waals surface area contributed by atoms with Gasteiger partial charge in [0.2, 0.25) is 0 Å². The van der Waals surface area contributed by atoms with Gasteiger partial charge in [0.25, 0.3) is 5.91 Å². The molecule has 0 radical (unpaired) electrons. The van der Waals surface area contributed by atoms with E-state index in [2.05, 4.69) is 32.6 Å². The zero-order valence-electron chi connectivity index (χ0n) is 17.7. The number of nitrogens with two attached hydrogens (primary N) is 1. The third-order valence-corrected chi connectivity index (χ3v) is 5.42. The highest BCUT2D eigenvalue weighted by Crippen LogP contribution is 2.21. The lowest BCUT2D eigenvalue weighted by Crippen LogP contribution is -2.30. The molecule has 1 amide bonds. The van der Waals surface area contributed by atoms with Crippen LogP contribution >= 0.6 is 11.9 Å². The highest BCUT2D eigenvalue weighted by molar-refractivity contribution is 7.96. The molecule has 0 unspecified atom stereocenters. The van der Waals surface area contributed by atoms with Crippen molar-refractivity contribution < 1.29 is 4.79 Å². The Morgan fingerprint density at radius 1 is 1.04 bits per heavy atom. The number of hydrazine groups is 1. The van der Waals surface area contributed by atoms with Gasteiger partial charge in [0.1, 0.15) is 0 Å². The summed E-state index contributed by atoms with van der Waals surface area (Å²) in [5.74, 6) is 5.47. The van der Waals surface area contributed by atoms with Crippen molar-refractivity contribution >= 4 is 23.4 Å². The predicted octanol–water partition coefficient (Wildman–Crippen LogP) is 6.94. The number of amides is 1. The van der Waals surface area contributed by atoms with E-state index in [4.69, 9.17) is 5.84 Å². The monoisotopic (exact) mass is 400 g/mol. The van der Waals surface area contributed by atoms with Gasteiger partial charge < -0.3 is 0 Å². The molecule has 28 heavy (non-hydrogen) atoms. The summed E-state index contributed by atoms with van der Waals surface area (Å²) in [5.41, 5.74) is 4.26. The van der Waals surface area contributed by atoms with Crippen molar-refractivity contribution in [2.45, 2.75) is 65.2 Å². The molecule has 1 aromatic carbocycles. The number of hydrogen-bond acceptors (Lipinski definition) is 3. The summed E-state index contributed by atoms with van der Waals surface area (Å²) < 4.78 is 1.15. The summed E-state index contributed by atoms with van der Waals surface area (Å²) >= 11 is 1.20. The number of nitrogens with zero attached hydrogens (tertiary/aromatic N) is 1. The van der Waals surface area contributed by atoms with Crippen LogP contribution in [0, 0.1) is 0 Å². The minimum atomic E-state index is -0.186. The minimum absolute atomic E-state index is 0.186. The van der Waals surface area contributed by atoms with Crippen LogP contribution in [-0.2, 0) is 0 Å². The maximum atomic E-state index is 12.1. The molecule has 0 bridgehead atoms. The average molecular weight is 401 g/mol. The number of benzene rings is 1. The lowest BCUT2D eigenvalue weighted by Gasteiger charge is -2.13. The summed E-state index contributed by atoms with van der Waals surface area (Å²) in [5, 5.41) is 0. The Bertz CT molecular complexity index is 662. The van der Waals surface area contributed by atoms with Crippen LogP contribution in [0.4, 0.5) is 0 Å². The fourth-order valence-electron chi connectivity index (χ4n) is 3.03. The van der Waals surface area contributed by atoms with E-state index in [0.29, 0.717) is 5.56 Å². The molecular weight excluding hydrogens is 364 g/mol. The first kappa shape index (κ1) is 24.3. The largest absolute Gasteiger partial charge is 0.278 e. The highest BCUT2D eigenvalue weighted by Gasteiger charge is 2.11. The van der Waals surface area contributed by atoms with Crippen LogP contribution in [0.15, 0.2) is 54.6 Å². The Balaban J connectivity index is 2.73. The Kier molecular flexibility index (Phi) is 12.3. The first-order valence-corrected chi connectivity index (χ1v) is 11.5. The standard InChI is InChI=1S/C24H36N2OS/c1-5-8-9-10-11-12-13-20(6-2)14-15-21(7-3)22-16-18-23(19-17-22)24(27)26(25)28-4/h6,14-19H,2,5,7-13,25H2,1,3-4H3/b20-14+,21-15+. The number of carbonyl (C=O) groups is 1. The van der Waals surface area contributed by atoms with Crippen molar-refractivity contribution in [2.24, 2.45) is 5.84 Å². The van der Waals surface area contributed by atoms with Crippen molar-refractivity contribution in [3.05, 3.63) is 65.8 Å². The maximum absolute atomic E-state index is 12.1. The van der Waals surface area contributed by atoms with Crippen molar-refractivity contribution in [3.8, 4) is 0 Å². The van der Waals surface area contributed by atoms with Crippen molar-refractivity contribution in [2.75, 3.05) is 6.26 Å². The molecule has 0 atom stereocenters. The zero-order valence-corrected chi connectivity index (χ0v) is 18.6. The van der Waals surface area contributed by atoms with E-state index in [1.807, 2.05) is 30.3 Å². The van der Waals surface area contributed by atoms with Gasteiger partial charge in [-0.25, -0.2) is 10.3 Å². The van der Waals surface area contributed by atoms with Crippen LogP contribution in [0.1, 0.15) is 81.1 Å². The molecule has 0 saturated carbocycles. The molecule has 0 aliphatic rings. The molecule has 3 nitrogen and oxygen atoms in total. The smallest absolute Gasteiger partial charge is 0.267 e. The number of hydrogen-bond donors (Lipinski definition) is 1. The Morgan fingerprint density at radius 3 is 2.21 bits per heavy atom. The Hall–Kier alpha value is -1.78. The van der Waals surface area contributed by atoms with Crippen LogP contribution in [0.25, 0.3) is 5.57 Å². The molecule has 0 heterocycles. The van der Waals surface area contributed by atoms with Gasteiger partial charge in [0.05, 0.1) is 0 Å². The van der Waals surface area contributed by atoms with E-state index < -0.39 is 0 Å². The molecule has 0 spiro atoms. The van der Waals surface area contributed by atoms with Gasteiger partial charge in [0, 0.05) is 11.8 Å². The highest BCUT2D eigenvalue weighted by atomic mass is 32.2. The van der Waals surface area contributed by atoms with Crippen molar-refractivity contribution in [1.29, 1.82) is 0 Å². The number of rotatable bonds is 13. The van der Waals surface area contributed by atoms with E-state index in [0.717, 1.165) is 22.8 Å². The number of allylic oxidation sites excluding steroid dienone is 5. The normalized spacial score (nSPS) is 12.1. The van der Waals surface area contributed by atoms with Gasteiger partial charge in [0.15, 0.2) is 0 Å². The van der Waals surface area contributed by atoms with E-state index in [1.54, 1.807) is 6.26 Å². The second kappa shape index (κ2) is 14.3. The van der Waals surface area contributed by atoms with Crippen LogP contribution < -0.4 is 5.84 Å². The molecule has 1 aromatic rings. The molecule has 4 heteroatoms. The van der Waals surface area contributed by atoms with Crippen LogP contribution in [0.3, 0.4) is 0 Å². The molecule has 0 aliphatic carbocycles. The lowest BCUT2D eigenvalue weighted by atomic mass is 9.99. The van der Waals surface area contributed by atoms with Crippen LogP contribution in [0.5, 0.6) is 0 Å². The first-order chi connectivity index (χ1) is 13.6. The second-order valence-corrected chi connectivity index (χ2v) is 7.66. The van der Waals surface area contributed by atoms with Crippen LogP contribution in [0.2, 0.25) is 0 Å². The summed E-state index contributed by atoms with van der Waals surface area (Å²) in [6, 6.07) is 7.66. The molecule has 0 fully saturated rings. The maximum Gasteiger partial charge on any atom is 0.278 e. The van der Waals surface area contributed by atoms with Crippen molar-refractivity contribution in [3.63, 3.8) is 0 Å². The van der Waals surface area contributed by atoms with Gasteiger partial charge in [-0.2, -0.15) is 0 Å². The SMILES string of the molecule is C=C/C(=C\C=C(/CC)c1ccc(C(=O)N(N)SC)cc1)CCCCCCCC. The molecule has 0 saturated heterocycles. The third kappa shape index (κ3) is 8.49. The van der Waals surface area contributed by atoms with Gasteiger partial charge >= 0.3 is 0 Å². The Labute approximate surface area is 175 Å². The topological polar surface area (TPSA) is 46.3 Å². The molecule has 0 aromatic heterocycles. The fourth-order valence-corrected chi connectivity index (χ4v) is 3.30. The molecule has 154 valence electrons. The molecule has 2 N–H and O–H groups in total. The van der Waals surface area contributed by atoms with E-state index in [1.165, 1.54) is 61.6 Å². The van der Waals surface area contributed by atoms with Gasteiger partial charge in [-0.15, -0.1) is 0 Å².